The Morgan fingerprint density at radius 2 is 1.62 bits per heavy atom. The van der Waals surface area contributed by atoms with Crippen LogP contribution in [0.1, 0.15) is 49.4 Å². The van der Waals surface area contributed by atoms with E-state index in [4.69, 9.17) is 0 Å². The molecule has 1 amide bonds. The molecular weight excluding hydrogens is 599 g/mol. The van der Waals surface area contributed by atoms with Crippen LogP contribution in [0.15, 0.2) is 81.4 Å². The van der Waals surface area contributed by atoms with Crippen molar-refractivity contribution in [2.75, 3.05) is 32.5 Å². The molecule has 2 aromatic carbocycles. The van der Waals surface area contributed by atoms with Gasteiger partial charge in [-0.1, -0.05) is 69.5 Å². The van der Waals surface area contributed by atoms with Gasteiger partial charge in [-0.25, -0.2) is 4.39 Å². The van der Waals surface area contributed by atoms with Gasteiger partial charge in [-0.3, -0.25) is 14.6 Å². The van der Waals surface area contributed by atoms with Gasteiger partial charge in [-0.05, 0) is 55.5 Å². The number of allylic oxidation sites excluding steroid dienone is 1. The average molecular weight is 655 g/mol. The van der Waals surface area contributed by atoms with Crippen molar-refractivity contribution in [1.29, 1.82) is 0 Å². The Bertz CT molecular complexity index is 1320. The lowest BCUT2D eigenvalue weighted by molar-refractivity contribution is -0.348. The molecule has 3 rings (SSSR count). The number of carbonyl (C=O) groups is 1. The van der Waals surface area contributed by atoms with Crippen LogP contribution in [-0.2, 0) is 24.4 Å². The summed E-state index contributed by atoms with van der Waals surface area (Å²) in [5.74, 6) is -6.48. The molecule has 1 aliphatic rings. The Hall–Kier alpha value is -3.64. The second-order valence-electron chi connectivity index (χ2n) is 12.0. The standard InChI is InChI=1S/C32H45FN4O5.C3H6.C2H4/c1-7-23-11-10-14-27(26(23)20-36(6)29(30(38)34-5)32(41,42)31(39,40)8-2)35-16-24-12-9-13-25(28(24)33)19-37-17-21(3)15-22(4)18-37;1-3-2;1-2/h7-14,21-22,29,35,39-42H,1-2,15-20H2,3-6H3,(H,34,38);3H,1H2,2H3;1-2H2. The van der Waals surface area contributed by atoms with Gasteiger partial charge in [-0.15, -0.1) is 19.7 Å². The molecule has 1 saturated heterocycles. The number of rotatable bonds is 13. The van der Waals surface area contributed by atoms with E-state index >= 15 is 4.39 Å². The SMILES string of the molecule is C=C.C=CC.C=Cc1cccc(NCc2cccc(CN3CC(C)CC(C)C3)c2F)c1CN(C)C(C(=O)NC)C(O)(O)C(O)(O)C=C. The maximum Gasteiger partial charge on any atom is 0.247 e. The summed E-state index contributed by atoms with van der Waals surface area (Å²) in [5.41, 5.74) is 3.08. The maximum absolute atomic E-state index is 15.6. The van der Waals surface area contributed by atoms with Gasteiger partial charge in [0, 0.05) is 56.6 Å². The number of aliphatic hydroxyl groups is 4. The van der Waals surface area contributed by atoms with Crippen LogP contribution < -0.4 is 10.6 Å². The lowest BCUT2D eigenvalue weighted by atomic mass is 9.91. The summed E-state index contributed by atoms with van der Waals surface area (Å²) in [6.07, 6.45) is 5.08. The van der Waals surface area contributed by atoms with Crippen molar-refractivity contribution >= 4 is 17.7 Å². The third-order valence-electron chi connectivity index (χ3n) is 7.95. The van der Waals surface area contributed by atoms with E-state index in [2.05, 4.69) is 62.3 Å². The minimum Gasteiger partial charge on any atom is -0.381 e. The lowest BCUT2D eigenvalue weighted by Gasteiger charge is -2.41. The van der Waals surface area contributed by atoms with Crippen molar-refractivity contribution in [2.24, 2.45) is 11.8 Å². The van der Waals surface area contributed by atoms with Gasteiger partial charge in [0.1, 0.15) is 11.9 Å². The van der Waals surface area contributed by atoms with E-state index in [1.807, 2.05) is 19.1 Å². The monoisotopic (exact) mass is 654 g/mol. The molecule has 0 saturated carbocycles. The van der Waals surface area contributed by atoms with E-state index in [1.54, 1.807) is 36.4 Å². The zero-order valence-electron chi connectivity index (χ0n) is 28.7. The first kappa shape index (κ1) is 41.4. The molecule has 47 heavy (non-hydrogen) atoms. The van der Waals surface area contributed by atoms with Gasteiger partial charge >= 0.3 is 0 Å². The largest absolute Gasteiger partial charge is 0.381 e. The second-order valence-corrected chi connectivity index (χ2v) is 12.0. The molecule has 3 atom stereocenters. The molecule has 0 bridgehead atoms. The highest BCUT2D eigenvalue weighted by atomic mass is 19.1. The number of hydrogen-bond donors (Lipinski definition) is 6. The van der Waals surface area contributed by atoms with Crippen molar-refractivity contribution in [3.63, 3.8) is 0 Å². The number of benzene rings is 2. The molecule has 2 aromatic rings. The fourth-order valence-corrected chi connectivity index (χ4v) is 5.90. The van der Waals surface area contributed by atoms with E-state index in [9.17, 15) is 25.2 Å². The molecule has 9 nitrogen and oxygen atoms in total. The molecule has 0 spiro atoms. The summed E-state index contributed by atoms with van der Waals surface area (Å²) in [4.78, 5) is 16.3. The van der Waals surface area contributed by atoms with Crippen LogP contribution >= 0.6 is 0 Å². The van der Waals surface area contributed by atoms with E-state index in [0.29, 0.717) is 52.4 Å². The molecule has 1 heterocycles. The molecule has 1 aliphatic heterocycles. The van der Waals surface area contributed by atoms with Crippen LogP contribution in [0.3, 0.4) is 0 Å². The quantitative estimate of drug-likeness (QED) is 0.136. The molecule has 3 unspecified atom stereocenters. The number of hydrogen-bond acceptors (Lipinski definition) is 8. The topological polar surface area (TPSA) is 129 Å². The summed E-state index contributed by atoms with van der Waals surface area (Å²) in [5, 5.41) is 47.4. The number of amides is 1. The summed E-state index contributed by atoms with van der Waals surface area (Å²) >= 11 is 0. The molecule has 6 N–H and O–H groups in total. The first-order chi connectivity index (χ1) is 22.2. The highest BCUT2D eigenvalue weighted by molar-refractivity contribution is 5.83. The number of nitrogens with zero attached hydrogens (tertiary/aromatic N) is 2. The third-order valence-corrected chi connectivity index (χ3v) is 7.95. The number of anilines is 1. The summed E-state index contributed by atoms with van der Waals surface area (Å²) in [6, 6.07) is 9.00. The Labute approximate surface area is 280 Å². The van der Waals surface area contributed by atoms with Crippen molar-refractivity contribution in [1.82, 2.24) is 15.1 Å². The Kier molecular flexibility index (Phi) is 16.9. The van der Waals surface area contributed by atoms with E-state index < -0.39 is 23.5 Å². The van der Waals surface area contributed by atoms with Gasteiger partial charge in [0.15, 0.2) is 0 Å². The fraction of sp³-hybridized carbons (Fsp3) is 0.432. The first-order valence-corrected chi connectivity index (χ1v) is 15.7. The Morgan fingerprint density at radius 3 is 2.15 bits per heavy atom. The van der Waals surface area contributed by atoms with Crippen LogP contribution in [0.5, 0.6) is 0 Å². The zero-order valence-corrected chi connectivity index (χ0v) is 28.7. The van der Waals surface area contributed by atoms with Gasteiger partial charge in [-0.2, -0.15) is 0 Å². The number of likely N-dealkylation sites (tertiary alicyclic amines) is 1. The van der Waals surface area contributed by atoms with E-state index in [1.165, 1.54) is 25.4 Å². The smallest absolute Gasteiger partial charge is 0.247 e. The fourth-order valence-electron chi connectivity index (χ4n) is 5.90. The van der Waals surface area contributed by atoms with Gasteiger partial charge in [0.25, 0.3) is 0 Å². The highest BCUT2D eigenvalue weighted by Gasteiger charge is 2.55. The molecule has 10 heteroatoms. The van der Waals surface area contributed by atoms with Crippen molar-refractivity contribution in [3.8, 4) is 0 Å². The van der Waals surface area contributed by atoms with Crippen LogP contribution in [0, 0.1) is 17.7 Å². The van der Waals surface area contributed by atoms with Crippen LogP contribution in [-0.4, -0.2) is 80.9 Å². The Balaban J connectivity index is 0.00000208. The zero-order chi connectivity index (χ0) is 35.9. The van der Waals surface area contributed by atoms with Crippen LogP contribution in [0.4, 0.5) is 10.1 Å². The number of nitrogens with one attached hydrogen (secondary N) is 2. The predicted molar refractivity (Wildman–Crippen MR) is 189 cm³/mol. The second kappa shape index (κ2) is 19.2. The molecular formula is C37H55FN4O5. The summed E-state index contributed by atoms with van der Waals surface area (Å²) in [7, 11) is 2.73. The average Bonchev–Trinajstić information content (AvgIpc) is 3.02. The predicted octanol–water partition coefficient (Wildman–Crippen LogP) is 4.65. The first-order valence-electron chi connectivity index (χ1n) is 15.7. The molecule has 0 radical (unpaired) electrons. The van der Waals surface area contributed by atoms with Crippen molar-refractivity contribution < 1.29 is 29.6 Å². The summed E-state index contributed by atoms with van der Waals surface area (Å²) in [6.45, 7) is 25.4. The number of halogens is 1. The third kappa shape index (κ3) is 11.0. The van der Waals surface area contributed by atoms with E-state index in [-0.39, 0.29) is 18.9 Å². The highest BCUT2D eigenvalue weighted by Crippen LogP contribution is 2.30. The molecule has 260 valence electrons. The van der Waals surface area contributed by atoms with Crippen LogP contribution in [0.2, 0.25) is 0 Å². The number of piperidine rings is 1. The lowest BCUT2D eigenvalue weighted by Crippen LogP contribution is -2.68. The Morgan fingerprint density at radius 1 is 1.06 bits per heavy atom. The van der Waals surface area contributed by atoms with Crippen LogP contribution in [0.25, 0.3) is 6.08 Å². The normalized spacial score (nSPS) is 17.3. The van der Waals surface area contributed by atoms with Gasteiger partial charge in [0.2, 0.25) is 17.5 Å². The van der Waals surface area contributed by atoms with Crippen molar-refractivity contribution in [2.45, 2.75) is 64.4 Å². The van der Waals surface area contributed by atoms with Gasteiger partial charge < -0.3 is 31.1 Å². The maximum atomic E-state index is 15.6. The summed E-state index contributed by atoms with van der Waals surface area (Å²) < 4.78 is 15.6. The van der Waals surface area contributed by atoms with Crippen molar-refractivity contribution in [3.05, 3.63) is 110 Å². The minimum atomic E-state index is -3.31. The number of carbonyl (C=O) groups excluding carboxylic acids is 1. The van der Waals surface area contributed by atoms with Gasteiger partial charge in [0.05, 0.1) is 0 Å². The van der Waals surface area contributed by atoms with E-state index in [0.717, 1.165) is 13.1 Å². The number of likely N-dealkylation sites (N-methyl/N-ethyl adjacent to an activating group) is 2. The molecule has 1 fully saturated rings. The minimum absolute atomic E-state index is 0.0352. The molecule has 0 aromatic heterocycles. The molecule has 0 aliphatic carbocycles.